The molecule has 1 amide bonds. The van der Waals surface area contributed by atoms with E-state index in [2.05, 4.69) is 22.0 Å². The van der Waals surface area contributed by atoms with E-state index in [9.17, 15) is 4.79 Å². The van der Waals surface area contributed by atoms with Gasteiger partial charge in [0.1, 0.15) is 0 Å². The minimum absolute atomic E-state index is 0.164. The van der Waals surface area contributed by atoms with Crippen LogP contribution in [0.15, 0.2) is 24.3 Å². The minimum atomic E-state index is 0.164. The van der Waals surface area contributed by atoms with Crippen LogP contribution >= 0.6 is 11.6 Å². The maximum Gasteiger partial charge on any atom is 0.253 e. The number of nitrogens with zero attached hydrogens (tertiary/aromatic N) is 5. The molecule has 6 nitrogen and oxygen atoms in total. The zero-order chi connectivity index (χ0) is 19.8. The van der Waals surface area contributed by atoms with Gasteiger partial charge in [-0.05, 0) is 64.3 Å². The van der Waals surface area contributed by atoms with E-state index < -0.39 is 0 Å². The first-order valence-corrected chi connectivity index (χ1v) is 10.1. The molecule has 4 rings (SSSR count). The van der Waals surface area contributed by atoms with Gasteiger partial charge in [0.15, 0.2) is 5.82 Å². The van der Waals surface area contributed by atoms with Gasteiger partial charge in [0.2, 0.25) is 5.91 Å². The summed E-state index contributed by atoms with van der Waals surface area (Å²) in [5, 5.41) is 5.30. The highest BCUT2D eigenvalue weighted by molar-refractivity contribution is 6.30. The van der Waals surface area contributed by atoms with Crippen molar-refractivity contribution in [3.05, 3.63) is 46.2 Å². The summed E-state index contributed by atoms with van der Waals surface area (Å²) in [6, 6.07) is 7.72. The van der Waals surface area contributed by atoms with Crippen molar-refractivity contribution in [2.75, 3.05) is 6.54 Å². The maximum atomic E-state index is 12.9. The molecular formula is C21H24ClN5O. The van der Waals surface area contributed by atoms with E-state index in [4.69, 9.17) is 11.6 Å². The van der Waals surface area contributed by atoms with Gasteiger partial charge in [-0.2, -0.15) is 4.98 Å². The SMILES string of the molecule is Cc1nc2nc(-c3ccc(Cl)cc3)nn2c(C)c1CC(=O)N1CCCC[C@@H]1C. The van der Waals surface area contributed by atoms with Crippen molar-refractivity contribution in [3.63, 3.8) is 0 Å². The Bertz CT molecular complexity index is 1030. The van der Waals surface area contributed by atoms with Gasteiger partial charge in [0.05, 0.1) is 6.42 Å². The first kappa shape index (κ1) is 18.9. The molecule has 0 unspecified atom stereocenters. The number of halogens is 1. The third-order valence-corrected chi connectivity index (χ3v) is 5.85. The number of likely N-dealkylation sites (tertiary alicyclic amines) is 1. The largest absolute Gasteiger partial charge is 0.340 e. The summed E-state index contributed by atoms with van der Waals surface area (Å²) in [5.74, 6) is 1.31. The fourth-order valence-electron chi connectivity index (χ4n) is 3.91. The van der Waals surface area contributed by atoms with Crippen LogP contribution in [0.3, 0.4) is 0 Å². The predicted octanol–water partition coefficient (Wildman–Crippen LogP) is 4.01. The molecular weight excluding hydrogens is 374 g/mol. The summed E-state index contributed by atoms with van der Waals surface area (Å²) in [5.41, 5.74) is 3.56. The summed E-state index contributed by atoms with van der Waals surface area (Å²) in [6.07, 6.45) is 3.71. The third-order valence-electron chi connectivity index (χ3n) is 5.60. The summed E-state index contributed by atoms with van der Waals surface area (Å²) in [4.78, 5) is 24.1. The second kappa shape index (κ2) is 7.51. The number of benzene rings is 1. The van der Waals surface area contributed by atoms with Crippen LogP contribution in [0.5, 0.6) is 0 Å². The number of aryl methyl sites for hydroxylation is 2. The number of carbonyl (C=O) groups excluding carboxylic acids is 1. The second-order valence-electron chi connectivity index (χ2n) is 7.52. The van der Waals surface area contributed by atoms with Gasteiger partial charge in [-0.15, -0.1) is 5.10 Å². The highest BCUT2D eigenvalue weighted by Gasteiger charge is 2.25. The molecule has 146 valence electrons. The van der Waals surface area contributed by atoms with Crippen LogP contribution in [0, 0.1) is 13.8 Å². The number of fused-ring (bicyclic) bond motifs is 1. The molecule has 0 saturated carbocycles. The topological polar surface area (TPSA) is 63.4 Å². The smallest absolute Gasteiger partial charge is 0.253 e. The molecule has 2 aromatic heterocycles. The molecule has 3 heterocycles. The van der Waals surface area contributed by atoms with E-state index in [0.29, 0.717) is 29.1 Å². The Morgan fingerprint density at radius 2 is 1.93 bits per heavy atom. The van der Waals surface area contributed by atoms with Crippen LogP contribution in [0.4, 0.5) is 0 Å². The van der Waals surface area contributed by atoms with Gasteiger partial charge in [-0.25, -0.2) is 9.50 Å². The van der Waals surface area contributed by atoms with Crippen molar-refractivity contribution >= 4 is 23.3 Å². The lowest BCUT2D eigenvalue weighted by atomic mass is 10.0. The van der Waals surface area contributed by atoms with Crippen LogP contribution in [-0.4, -0.2) is 43.0 Å². The van der Waals surface area contributed by atoms with Crippen LogP contribution in [0.25, 0.3) is 17.2 Å². The maximum absolute atomic E-state index is 12.9. The van der Waals surface area contributed by atoms with Gasteiger partial charge < -0.3 is 4.90 Å². The summed E-state index contributed by atoms with van der Waals surface area (Å²) < 4.78 is 1.74. The van der Waals surface area contributed by atoms with E-state index in [1.54, 1.807) is 4.52 Å². The molecule has 1 aliphatic rings. The van der Waals surface area contributed by atoms with E-state index in [0.717, 1.165) is 41.9 Å². The molecule has 1 aromatic carbocycles. The molecule has 0 N–H and O–H groups in total. The predicted molar refractivity (Wildman–Crippen MR) is 109 cm³/mol. The molecule has 1 aliphatic heterocycles. The number of piperidine rings is 1. The van der Waals surface area contributed by atoms with Crippen molar-refractivity contribution in [3.8, 4) is 11.4 Å². The fourth-order valence-corrected chi connectivity index (χ4v) is 4.03. The Morgan fingerprint density at radius 3 is 2.64 bits per heavy atom. The minimum Gasteiger partial charge on any atom is -0.340 e. The zero-order valence-corrected chi connectivity index (χ0v) is 17.2. The molecule has 0 aliphatic carbocycles. The van der Waals surface area contributed by atoms with Crippen molar-refractivity contribution in [2.24, 2.45) is 0 Å². The molecule has 0 spiro atoms. The number of rotatable bonds is 3. The van der Waals surface area contributed by atoms with Crippen LogP contribution in [0.2, 0.25) is 5.02 Å². The summed E-state index contributed by atoms with van der Waals surface area (Å²) in [6.45, 7) is 6.89. The van der Waals surface area contributed by atoms with E-state index in [1.807, 2.05) is 43.0 Å². The molecule has 1 saturated heterocycles. The van der Waals surface area contributed by atoms with Crippen molar-refractivity contribution in [1.82, 2.24) is 24.5 Å². The standard InChI is InChI=1S/C21H24ClN5O/c1-13-6-4-5-11-26(13)19(28)12-18-14(2)23-21-24-20(25-27(21)15(18)3)16-7-9-17(22)10-8-16/h7-10,13H,4-6,11-12H2,1-3H3/t13-/m0/s1. The molecule has 7 heteroatoms. The quantitative estimate of drug-likeness (QED) is 0.670. The van der Waals surface area contributed by atoms with Crippen molar-refractivity contribution in [2.45, 2.75) is 52.5 Å². The Labute approximate surface area is 169 Å². The monoisotopic (exact) mass is 397 g/mol. The van der Waals surface area contributed by atoms with Gasteiger partial charge in [0, 0.05) is 40.1 Å². The first-order valence-electron chi connectivity index (χ1n) is 9.72. The number of hydrogen-bond acceptors (Lipinski definition) is 4. The highest BCUT2D eigenvalue weighted by Crippen LogP contribution is 2.23. The first-order chi connectivity index (χ1) is 13.4. The second-order valence-corrected chi connectivity index (χ2v) is 7.96. The van der Waals surface area contributed by atoms with Crippen molar-refractivity contribution in [1.29, 1.82) is 0 Å². The van der Waals surface area contributed by atoms with E-state index in [1.165, 1.54) is 6.42 Å². The molecule has 0 radical (unpaired) electrons. The summed E-state index contributed by atoms with van der Waals surface area (Å²) in [7, 11) is 0. The van der Waals surface area contributed by atoms with Gasteiger partial charge in [-0.1, -0.05) is 11.6 Å². The summed E-state index contributed by atoms with van der Waals surface area (Å²) >= 11 is 5.97. The Kier molecular flexibility index (Phi) is 5.06. The normalized spacial score (nSPS) is 17.3. The number of hydrogen-bond donors (Lipinski definition) is 0. The molecule has 0 bridgehead atoms. The highest BCUT2D eigenvalue weighted by atomic mass is 35.5. The zero-order valence-electron chi connectivity index (χ0n) is 16.4. The van der Waals surface area contributed by atoms with Crippen LogP contribution in [0.1, 0.15) is 43.1 Å². The molecule has 3 aromatic rings. The van der Waals surface area contributed by atoms with Crippen LogP contribution < -0.4 is 0 Å². The van der Waals surface area contributed by atoms with Crippen molar-refractivity contribution < 1.29 is 4.79 Å². The van der Waals surface area contributed by atoms with E-state index >= 15 is 0 Å². The average Bonchev–Trinajstić information content (AvgIpc) is 3.10. The number of amides is 1. The van der Waals surface area contributed by atoms with Gasteiger partial charge in [0.25, 0.3) is 5.78 Å². The lowest BCUT2D eigenvalue weighted by molar-refractivity contribution is -0.133. The Hall–Kier alpha value is -2.47. The lowest BCUT2D eigenvalue weighted by Gasteiger charge is -2.33. The van der Waals surface area contributed by atoms with Crippen LogP contribution in [-0.2, 0) is 11.2 Å². The van der Waals surface area contributed by atoms with Gasteiger partial charge in [-0.3, -0.25) is 4.79 Å². The number of carbonyl (C=O) groups is 1. The van der Waals surface area contributed by atoms with Gasteiger partial charge >= 0.3 is 0 Å². The average molecular weight is 398 g/mol. The number of aromatic nitrogens is 4. The molecule has 1 fully saturated rings. The lowest BCUT2D eigenvalue weighted by Crippen LogP contribution is -2.43. The Morgan fingerprint density at radius 1 is 1.18 bits per heavy atom. The molecule has 1 atom stereocenters. The Balaban J connectivity index is 1.67. The third kappa shape index (κ3) is 3.49. The molecule has 28 heavy (non-hydrogen) atoms. The van der Waals surface area contributed by atoms with E-state index in [-0.39, 0.29) is 5.91 Å². The fraction of sp³-hybridized carbons (Fsp3) is 0.429.